The van der Waals surface area contributed by atoms with Crippen LogP contribution < -0.4 is 10.6 Å². The summed E-state index contributed by atoms with van der Waals surface area (Å²) in [5.74, 6) is 1.55. The van der Waals surface area contributed by atoms with Gasteiger partial charge in [0.1, 0.15) is 17.7 Å². The maximum absolute atomic E-state index is 13.4. The van der Waals surface area contributed by atoms with E-state index in [1.54, 1.807) is 45.0 Å². The third kappa shape index (κ3) is 7.89. The maximum Gasteiger partial charge on any atom is 0.408 e. The van der Waals surface area contributed by atoms with Crippen LogP contribution in [0.25, 0.3) is 0 Å². The lowest BCUT2D eigenvalue weighted by Crippen LogP contribution is -2.55. The lowest BCUT2D eigenvalue weighted by Gasteiger charge is -2.34. The summed E-state index contributed by atoms with van der Waals surface area (Å²) in [7, 11) is 0. The SMILES string of the molecule is C#Cc1ccccc1C(C(=O)NC(C)C)N(CCC)C(=O)C(CO)NC(=O)OC(C)(C)C. The monoisotopic (exact) mass is 445 g/mol. The van der Waals surface area contributed by atoms with Crippen molar-refractivity contribution in [2.75, 3.05) is 13.2 Å². The average Bonchev–Trinajstić information content (AvgIpc) is 2.69. The van der Waals surface area contributed by atoms with Gasteiger partial charge in [-0.25, -0.2) is 4.79 Å². The molecule has 3 amide bonds. The Morgan fingerprint density at radius 2 is 1.81 bits per heavy atom. The molecule has 32 heavy (non-hydrogen) atoms. The zero-order valence-corrected chi connectivity index (χ0v) is 19.8. The van der Waals surface area contributed by atoms with Gasteiger partial charge in [0.15, 0.2) is 0 Å². The third-order valence-electron chi connectivity index (χ3n) is 4.32. The van der Waals surface area contributed by atoms with Crippen molar-refractivity contribution in [1.29, 1.82) is 0 Å². The summed E-state index contributed by atoms with van der Waals surface area (Å²) >= 11 is 0. The first-order valence-corrected chi connectivity index (χ1v) is 10.7. The highest BCUT2D eigenvalue weighted by atomic mass is 16.6. The second-order valence-electron chi connectivity index (χ2n) is 8.71. The number of amides is 3. The van der Waals surface area contributed by atoms with Crippen molar-refractivity contribution < 1.29 is 24.2 Å². The van der Waals surface area contributed by atoms with Crippen LogP contribution in [0.2, 0.25) is 0 Å². The standard InChI is InChI=1S/C24H35N3O5/c1-8-14-27(22(30)19(15-28)26-23(31)32-24(5,6)7)20(21(29)25-16(3)4)18-13-11-10-12-17(18)9-2/h2,10-13,16,19-20,28H,8,14-15H2,1,3-7H3,(H,25,29)(H,26,31). The summed E-state index contributed by atoms with van der Waals surface area (Å²) in [5.41, 5.74) is 0.191. The fourth-order valence-corrected chi connectivity index (χ4v) is 3.12. The summed E-state index contributed by atoms with van der Waals surface area (Å²) in [4.78, 5) is 40.2. The zero-order valence-electron chi connectivity index (χ0n) is 19.8. The molecule has 2 unspecified atom stereocenters. The maximum atomic E-state index is 13.4. The van der Waals surface area contributed by atoms with E-state index < -0.39 is 42.2 Å². The van der Waals surface area contributed by atoms with E-state index >= 15 is 0 Å². The first-order valence-electron chi connectivity index (χ1n) is 10.7. The van der Waals surface area contributed by atoms with E-state index in [4.69, 9.17) is 11.2 Å². The number of aliphatic hydroxyl groups is 1. The number of rotatable bonds is 9. The Balaban J connectivity index is 3.40. The van der Waals surface area contributed by atoms with Gasteiger partial charge in [-0.1, -0.05) is 31.0 Å². The fraction of sp³-hybridized carbons (Fsp3) is 0.542. The molecule has 0 aliphatic rings. The smallest absolute Gasteiger partial charge is 0.408 e. The van der Waals surface area contributed by atoms with E-state index in [9.17, 15) is 19.5 Å². The summed E-state index contributed by atoms with van der Waals surface area (Å²) in [6.07, 6.45) is 5.35. The molecule has 0 saturated heterocycles. The number of hydrogen-bond acceptors (Lipinski definition) is 5. The molecule has 8 heteroatoms. The van der Waals surface area contributed by atoms with Crippen molar-refractivity contribution in [3.8, 4) is 12.3 Å². The predicted molar refractivity (Wildman–Crippen MR) is 123 cm³/mol. The van der Waals surface area contributed by atoms with E-state index in [0.717, 1.165) is 0 Å². The number of terminal acetylenes is 1. The molecule has 8 nitrogen and oxygen atoms in total. The molecule has 0 saturated carbocycles. The van der Waals surface area contributed by atoms with Crippen LogP contribution in [0, 0.1) is 12.3 Å². The van der Waals surface area contributed by atoms with Crippen LogP contribution in [0.4, 0.5) is 4.79 Å². The Morgan fingerprint density at radius 3 is 2.31 bits per heavy atom. The van der Waals surface area contributed by atoms with Crippen LogP contribution in [0.5, 0.6) is 0 Å². The van der Waals surface area contributed by atoms with E-state index in [1.165, 1.54) is 4.90 Å². The number of nitrogens with zero attached hydrogens (tertiary/aromatic N) is 1. The lowest BCUT2D eigenvalue weighted by atomic mass is 9.97. The van der Waals surface area contributed by atoms with Gasteiger partial charge in [0.2, 0.25) is 11.8 Å². The molecule has 1 rings (SSSR count). The number of benzene rings is 1. The minimum Gasteiger partial charge on any atom is -0.444 e. The van der Waals surface area contributed by atoms with Gasteiger partial charge in [0.25, 0.3) is 0 Å². The van der Waals surface area contributed by atoms with Crippen molar-refractivity contribution in [2.24, 2.45) is 0 Å². The van der Waals surface area contributed by atoms with E-state index in [0.29, 0.717) is 17.5 Å². The molecule has 0 aliphatic carbocycles. The topological polar surface area (TPSA) is 108 Å². The molecule has 0 aliphatic heterocycles. The van der Waals surface area contributed by atoms with Crippen molar-refractivity contribution in [1.82, 2.24) is 15.5 Å². The Labute approximate surface area is 190 Å². The molecule has 0 radical (unpaired) electrons. The number of aliphatic hydroxyl groups excluding tert-OH is 1. The van der Waals surface area contributed by atoms with Crippen molar-refractivity contribution >= 4 is 17.9 Å². The number of alkyl carbamates (subject to hydrolysis) is 1. The van der Waals surface area contributed by atoms with Crippen LogP contribution in [0.15, 0.2) is 24.3 Å². The van der Waals surface area contributed by atoms with Crippen LogP contribution >= 0.6 is 0 Å². The Bertz CT molecular complexity index is 839. The Kier molecular flexibility index (Phi) is 10.2. The van der Waals surface area contributed by atoms with Gasteiger partial charge in [0, 0.05) is 18.2 Å². The molecule has 1 aromatic carbocycles. The second-order valence-corrected chi connectivity index (χ2v) is 8.71. The molecule has 176 valence electrons. The Morgan fingerprint density at radius 1 is 1.19 bits per heavy atom. The summed E-state index contributed by atoms with van der Waals surface area (Å²) in [6, 6.07) is 4.39. The lowest BCUT2D eigenvalue weighted by molar-refractivity contribution is -0.143. The third-order valence-corrected chi connectivity index (χ3v) is 4.32. The Hall–Kier alpha value is -3.05. The van der Waals surface area contributed by atoms with Crippen molar-refractivity contribution in [2.45, 2.75) is 71.7 Å². The summed E-state index contributed by atoms with van der Waals surface area (Å²) in [6.45, 7) is 10.1. The number of nitrogens with one attached hydrogen (secondary N) is 2. The molecule has 0 aromatic heterocycles. The molecule has 0 heterocycles. The first kappa shape index (κ1) is 27.0. The fourth-order valence-electron chi connectivity index (χ4n) is 3.12. The average molecular weight is 446 g/mol. The molecule has 1 aromatic rings. The molecular weight excluding hydrogens is 410 g/mol. The van der Waals surface area contributed by atoms with Crippen molar-refractivity contribution in [3.05, 3.63) is 35.4 Å². The van der Waals surface area contributed by atoms with E-state index in [2.05, 4.69) is 16.6 Å². The minimum absolute atomic E-state index is 0.171. The van der Waals surface area contributed by atoms with Gasteiger partial charge in [-0.15, -0.1) is 6.42 Å². The van der Waals surface area contributed by atoms with Gasteiger partial charge in [0.05, 0.1) is 6.61 Å². The number of hydrogen-bond donors (Lipinski definition) is 3. The second kappa shape index (κ2) is 12.1. The summed E-state index contributed by atoms with van der Waals surface area (Å²) in [5, 5.41) is 15.1. The van der Waals surface area contributed by atoms with Gasteiger partial charge < -0.3 is 25.4 Å². The van der Waals surface area contributed by atoms with Crippen LogP contribution in [-0.2, 0) is 14.3 Å². The highest BCUT2D eigenvalue weighted by Gasteiger charge is 2.36. The normalized spacial score (nSPS) is 13.0. The molecule has 0 spiro atoms. The zero-order chi connectivity index (χ0) is 24.5. The number of ether oxygens (including phenoxy) is 1. The molecule has 0 fully saturated rings. The largest absolute Gasteiger partial charge is 0.444 e. The first-order chi connectivity index (χ1) is 14.9. The summed E-state index contributed by atoms with van der Waals surface area (Å²) < 4.78 is 5.20. The minimum atomic E-state index is -1.29. The van der Waals surface area contributed by atoms with Crippen LogP contribution in [0.3, 0.4) is 0 Å². The highest BCUT2D eigenvalue weighted by Crippen LogP contribution is 2.26. The van der Waals surface area contributed by atoms with Gasteiger partial charge in [-0.05, 0) is 52.7 Å². The molecular formula is C24H35N3O5. The highest BCUT2D eigenvalue weighted by molar-refractivity contribution is 5.92. The number of carbonyl (C=O) groups is 3. The quantitative estimate of drug-likeness (QED) is 0.506. The van der Waals surface area contributed by atoms with E-state index in [-0.39, 0.29) is 12.6 Å². The van der Waals surface area contributed by atoms with E-state index in [1.807, 2.05) is 20.8 Å². The van der Waals surface area contributed by atoms with Crippen LogP contribution in [-0.4, -0.2) is 58.8 Å². The van der Waals surface area contributed by atoms with Gasteiger partial charge in [-0.2, -0.15) is 0 Å². The van der Waals surface area contributed by atoms with Gasteiger partial charge in [-0.3, -0.25) is 9.59 Å². The number of carbonyl (C=O) groups excluding carboxylic acids is 3. The predicted octanol–water partition coefficient (Wildman–Crippen LogP) is 2.36. The van der Waals surface area contributed by atoms with Crippen molar-refractivity contribution in [3.63, 3.8) is 0 Å². The molecule has 2 atom stereocenters. The molecule has 0 bridgehead atoms. The van der Waals surface area contributed by atoms with Gasteiger partial charge >= 0.3 is 6.09 Å². The van der Waals surface area contributed by atoms with Crippen LogP contribution in [0.1, 0.15) is 65.1 Å². The molecule has 3 N–H and O–H groups in total.